The summed E-state index contributed by atoms with van der Waals surface area (Å²) in [6.45, 7) is 0.528. The Morgan fingerprint density at radius 1 is 1.09 bits per heavy atom. The van der Waals surface area contributed by atoms with E-state index >= 15 is 0 Å². The van der Waals surface area contributed by atoms with Crippen molar-refractivity contribution in [1.82, 2.24) is 4.72 Å². The third-order valence-corrected chi connectivity index (χ3v) is 6.35. The molecule has 1 fully saturated rings. The van der Waals surface area contributed by atoms with E-state index in [0.717, 1.165) is 58.5 Å². The minimum Gasteiger partial charge on any atom is -0.445 e. The molecular formula is C23H22Cl3N3O2S. The number of nitrogens with one attached hydrogen (secondary N) is 1. The topological polar surface area (TPSA) is 76.7 Å². The predicted molar refractivity (Wildman–Crippen MR) is 134 cm³/mol. The van der Waals surface area contributed by atoms with E-state index in [0.29, 0.717) is 21.6 Å². The van der Waals surface area contributed by atoms with E-state index < -0.39 is 6.09 Å². The van der Waals surface area contributed by atoms with Crippen LogP contribution in [0.2, 0.25) is 15.1 Å². The summed E-state index contributed by atoms with van der Waals surface area (Å²) >= 11 is 19.3. The van der Waals surface area contributed by atoms with Crippen molar-refractivity contribution in [3.05, 3.63) is 86.5 Å². The van der Waals surface area contributed by atoms with Gasteiger partial charge < -0.3 is 10.5 Å². The van der Waals surface area contributed by atoms with Crippen LogP contribution >= 0.6 is 46.8 Å². The van der Waals surface area contributed by atoms with Gasteiger partial charge >= 0.3 is 6.09 Å². The molecule has 2 aromatic carbocycles. The Hall–Kier alpha value is -2.12. The lowest BCUT2D eigenvalue weighted by Crippen LogP contribution is -2.19. The number of hydrogen-bond donors (Lipinski definition) is 2. The van der Waals surface area contributed by atoms with E-state index in [9.17, 15) is 4.79 Å². The first-order valence-corrected chi connectivity index (χ1v) is 11.9. The minimum absolute atomic E-state index is 0.126. The average Bonchev–Trinajstić information content (AvgIpc) is 2.78. The molecule has 0 bridgehead atoms. The number of halogens is 3. The summed E-state index contributed by atoms with van der Waals surface area (Å²) in [4.78, 5) is 17.6. The van der Waals surface area contributed by atoms with Gasteiger partial charge in [0.05, 0.1) is 12.3 Å². The van der Waals surface area contributed by atoms with Gasteiger partial charge in [-0.1, -0.05) is 40.9 Å². The zero-order valence-corrected chi connectivity index (χ0v) is 20.2. The molecule has 1 aliphatic carbocycles. The van der Waals surface area contributed by atoms with Gasteiger partial charge in [-0.2, -0.15) is 0 Å². The third-order valence-electron chi connectivity index (χ3n) is 4.73. The molecule has 32 heavy (non-hydrogen) atoms. The van der Waals surface area contributed by atoms with Crippen molar-refractivity contribution in [2.24, 2.45) is 10.7 Å². The molecule has 168 valence electrons. The van der Waals surface area contributed by atoms with Crippen LogP contribution in [0.1, 0.15) is 24.8 Å². The highest BCUT2D eigenvalue weighted by Crippen LogP contribution is 2.27. The van der Waals surface area contributed by atoms with Gasteiger partial charge in [0.1, 0.15) is 6.61 Å². The van der Waals surface area contributed by atoms with E-state index in [1.54, 1.807) is 30.5 Å². The fraction of sp³-hybridized carbons (Fsp3) is 0.217. The predicted octanol–water partition coefficient (Wildman–Crippen LogP) is 6.97. The first-order chi connectivity index (χ1) is 15.5. The molecule has 0 unspecified atom stereocenters. The monoisotopic (exact) mass is 509 g/mol. The molecular weight excluding hydrogens is 489 g/mol. The maximum atomic E-state index is 12.0. The van der Waals surface area contributed by atoms with Gasteiger partial charge in [-0.15, -0.1) is 0 Å². The van der Waals surface area contributed by atoms with Crippen LogP contribution in [0, 0.1) is 0 Å². The maximum Gasteiger partial charge on any atom is 0.417 e. The molecule has 5 nitrogen and oxygen atoms in total. The average molecular weight is 511 g/mol. The largest absolute Gasteiger partial charge is 0.445 e. The Morgan fingerprint density at radius 3 is 2.53 bits per heavy atom. The van der Waals surface area contributed by atoms with Gasteiger partial charge in [-0.05, 0) is 96.6 Å². The number of carbonyl (C=O) groups is 1. The summed E-state index contributed by atoms with van der Waals surface area (Å²) in [6, 6.07) is 12.5. The normalized spacial score (nSPS) is 17.7. The van der Waals surface area contributed by atoms with Crippen molar-refractivity contribution in [1.29, 1.82) is 0 Å². The Kier molecular flexibility index (Phi) is 9.36. The Morgan fingerprint density at radius 2 is 1.81 bits per heavy atom. The first-order valence-electron chi connectivity index (χ1n) is 9.90. The van der Waals surface area contributed by atoms with Crippen LogP contribution in [0.4, 0.5) is 4.79 Å². The van der Waals surface area contributed by atoms with Crippen molar-refractivity contribution in [3.63, 3.8) is 0 Å². The molecule has 3 rings (SSSR count). The second kappa shape index (κ2) is 12.2. The number of amides is 1. The lowest BCUT2D eigenvalue weighted by atomic mass is 9.88. The van der Waals surface area contributed by atoms with Gasteiger partial charge in [0.2, 0.25) is 0 Å². The summed E-state index contributed by atoms with van der Waals surface area (Å²) in [5.41, 5.74) is 9.50. The highest BCUT2D eigenvalue weighted by atomic mass is 35.5. The summed E-state index contributed by atoms with van der Waals surface area (Å²) < 4.78 is 7.93. The van der Waals surface area contributed by atoms with E-state index in [1.165, 1.54) is 0 Å². The SMILES string of the molecule is N/C=C1/CCC/C(=C\COC(=O)NSc2ccc(Cl)cc2)C1=NCc1ccc(Cl)cc1Cl. The second-order valence-electron chi connectivity index (χ2n) is 6.93. The Labute approximate surface area is 206 Å². The molecule has 1 aliphatic rings. The smallest absolute Gasteiger partial charge is 0.417 e. The van der Waals surface area contributed by atoms with Gasteiger partial charge in [0.15, 0.2) is 0 Å². The molecule has 1 amide bonds. The molecule has 0 aromatic heterocycles. The lowest BCUT2D eigenvalue weighted by Gasteiger charge is -2.20. The molecule has 0 atom stereocenters. The van der Waals surface area contributed by atoms with Crippen molar-refractivity contribution in [3.8, 4) is 0 Å². The van der Waals surface area contributed by atoms with Crippen LogP contribution in [0.25, 0.3) is 0 Å². The number of hydrogen-bond acceptors (Lipinski definition) is 5. The van der Waals surface area contributed by atoms with Gasteiger partial charge in [-0.25, -0.2) is 4.79 Å². The standard InChI is InChI=1S/C23H22Cl3N3O2S/c24-18-6-8-20(9-7-18)32-29-23(30)31-11-10-15-2-1-3-16(13-27)22(15)28-14-17-4-5-19(25)12-21(17)26/h4-10,12-13H,1-3,11,14,27H2,(H,29,30)/b15-10+,16-13-,28-22?. The molecule has 2 aromatic rings. The van der Waals surface area contributed by atoms with Crippen LogP contribution in [-0.4, -0.2) is 18.4 Å². The zero-order valence-electron chi connectivity index (χ0n) is 17.1. The van der Waals surface area contributed by atoms with Crippen LogP contribution in [0.15, 0.2) is 75.8 Å². The number of aliphatic imine (C=N–C) groups is 1. The van der Waals surface area contributed by atoms with Crippen molar-refractivity contribution < 1.29 is 9.53 Å². The summed E-state index contributed by atoms with van der Waals surface area (Å²) in [5, 5.41) is 1.79. The Balaban J connectivity index is 1.61. The van der Waals surface area contributed by atoms with Crippen LogP contribution in [-0.2, 0) is 11.3 Å². The highest BCUT2D eigenvalue weighted by molar-refractivity contribution is 7.98. The number of benzene rings is 2. The van der Waals surface area contributed by atoms with E-state index in [2.05, 4.69) is 4.72 Å². The molecule has 1 saturated carbocycles. The number of rotatable bonds is 6. The molecule has 0 spiro atoms. The molecule has 0 saturated heterocycles. The van der Waals surface area contributed by atoms with Crippen molar-refractivity contribution >= 4 is 58.6 Å². The van der Waals surface area contributed by atoms with Crippen molar-refractivity contribution in [2.75, 3.05) is 6.61 Å². The lowest BCUT2D eigenvalue weighted by molar-refractivity contribution is 0.165. The fourth-order valence-electron chi connectivity index (χ4n) is 3.14. The quantitative estimate of drug-likeness (QED) is 0.411. The Bertz CT molecular complexity index is 1050. The number of allylic oxidation sites excluding steroid dienone is 2. The van der Waals surface area contributed by atoms with Crippen LogP contribution < -0.4 is 10.5 Å². The van der Waals surface area contributed by atoms with E-state index in [1.807, 2.05) is 24.3 Å². The molecule has 3 N–H and O–H groups in total. The van der Waals surface area contributed by atoms with Crippen LogP contribution in [0.5, 0.6) is 0 Å². The van der Waals surface area contributed by atoms with E-state index in [-0.39, 0.29) is 6.61 Å². The molecule has 0 radical (unpaired) electrons. The zero-order chi connectivity index (χ0) is 22.9. The number of nitrogens with two attached hydrogens (primary N) is 1. The number of ether oxygens (including phenoxy) is 1. The highest BCUT2D eigenvalue weighted by Gasteiger charge is 2.18. The van der Waals surface area contributed by atoms with E-state index in [4.69, 9.17) is 50.3 Å². The number of carbonyl (C=O) groups excluding carboxylic acids is 1. The molecule has 0 heterocycles. The molecule has 0 aliphatic heterocycles. The summed E-state index contributed by atoms with van der Waals surface area (Å²) in [6.07, 6.45) is 5.56. The molecule has 9 heteroatoms. The van der Waals surface area contributed by atoms with Gasteiger partial charge in [0.25, 0.3) is 0 Å². The first kappa shape index (κ1) is 24.5. The summed E-state index contributed by atoms with van der Waals surface area (Å²) in [7, 11) is 0. The summed E-state index contributed by atoms with van der Waals surface area (Å²) in [5.74, 6) is 0. The maximum absolute atomic E-state index is 12.0. The number of nitrogens with zero attached hydrogens (tertiary/aromatic N) is 1. The fourth-order valence-corrected chi connectivity index (χ4v) is 4.27. The second-order valence-corrected chi connectivity index (χ2v) is 9.09. The minimum atomic E-state index is -0.529. The van der Waals surface area contributed by atoms with Crippen LogP contribution in [0.3, 0.4) is 0 Å². The van der Waals surface area contributed by atoms with Gasteiger partial charge in [-0.3, -0.25) is 9.71 Å². The third kappa shape index (κ3) is 7.20. The van der Waals surface area contributed by atoms with Gasteiger partial charge in [0, 0.05) is 20.0 Å². The van der Waals surface area contributed by atoms with Crippen molar-refractivity contribution in [2.45, 2.75) is 30.7 Å².